The summed E-state index contributed by atoms with van der Waals surface area (Å²) in [5, 5.41) is 13.0. The summed E-state index contributed by atoms with van der Waals surface area (Å²) in [4.78, 5) is 28.7. The largest absolute Gasteiger partial charge is 0.355 e. The molecule has 3 rings (SSSR count). The minimum absolute atomic E-state index is 0.206. The minimum Gasteiger partial charge on any atom is -0.355 e. The van der Waals surface area contributed by atoms with E-state index in [0.717, 1.165) is 22.6 Å². The van der Waals surface area contributed by atoms with Crippen LogP contribution in [0.4, 0.5) is 0 Å². The van der Waals surface area contributed by atoms with Crippen LogP contribution in [0.1, 0.15) is 29.9 Å². The summed E-state index contributed by atoms with van der Waals surface area (Å²) in [7, 11) is 0. The molecule has 144 valence electrons. The predicted molar refractivity (Wildman–Crippen MR) is 105 cm³/mol. The van der Waals surface area contributed by atoms with Gasteiger partial charge in [-0.25, -0.2) is 4.98 Å². The van der Waals surface area contributed by atoms with Gasteiger partial charge in [-0.3, -0.25) is 14.2 Å². The van der Waals surface area contributed by atoms with Crippen molar-refractivity contribution < 1.29 is 9.59 Å². The van der Waals surface area contributed by atoms with Crippen LogP contribution in [-0.2, 0) is 4.79 Å². The Morgan fingerprint density at radius 2 is 1.75 bits per heavy atom. The maximum atomic E-state index is 12.3. The van der Waals surface area contributed by atoms with Crippen molar-refractivity contribution in [2.24, 2.45) is 0 Å². The van der Waals surface area contributed by atoms with Crippen LogP contribution in [0.3, 0.4) is 0 Å². The van der Waals surface area contributed by atoms with E-state index in [4.69, 9.17) is 0 Å². The Balaban J connectivity index is 1.74. The SMILES string of the molecule is CCNC(=O)C(C)NC(=O)c1ccc(-c2ccc(-n3cnnc3)nc2C)cc1. The average Bonchev–Trinajstić information content (AvgIpc) is 3.23. The van der Waals surface area contributed by atoms with Crippen molar-refractivity contribution >= 4 is 11.8 Å². The lowest BCUT2D eigenvalue weighted by Crippen LogP contribution is -2.44. The van der Waals surface area contributed by atoms with E-state index in [1.807, 2.05) is 38.1 Å². The van der Waals surface area contributed by atoms with Crippen LogP contribution in [0.25, 0.3) is 16.9 Å². The van der Waals surface area contributed by atoms with Crippen LogP contribution in [0, 0.1) is 6.92 Å². The van der Waals surface area contributed by atoms with Gasteiger partial charge in [0.15, 0.2) is 0 Å². The Morgan fingerprint density at radius 3 is 2.36 bits per heavy atom. The molecule has 1 atom stereocenters. The zero-order valence-electron chi connectivity index (χ0n) is 16.0. The van der Waals surface area contributed by atoms with Crippen LogP contribution < -0.4 is 10.6 Å². The van der Waals surface area contributed by atoms with Crippen molar-refractivity contribution in [2.75, 3.05) is 6.54 Å². The number of hydrogen-bond acceptors (Lipinski definition) is 5. The molecular weight excluding hydrogens is 356 g/mol. The quantitative estimate of drug-likeness (QED) is 0.682. The molecule has 0 radical (unpaired) electrons. The zero-order valence-corrected chi connectivity index (χ0v) is 16.0. The fraction of sp³-hybridized carbons (Fsp3) is 0.250. The molecule has 0 aliphatic rings. The Labute approximate surface area is 163 Å². The molecular formula is C20H22N6O2. The molecule has 2 N–H and O–H groups in total. The molecule has 0 saturated heterocycles. The minimum atomic E-state index is -0.594. The van der Waals surface area contributed by atoms with Gasteiger partial charge >= 0.3 is 0 Å². The van der Waals surface area contributed by atoms with Crippen LogP contribution >= 0.6 is 0 Å². The van der Waals surface area contributed by atoms with Gasteiger partial charge in [-0.15, -0.1) is 10.2 Å². The maximum Gasteiger partial charge on any atom is 0.251 e. The third kappa shape index (κ3) is 4.22. The summed E-state index contributed by atoms with van der Waals surface area (Å²) in [6.45, 7) is 5.94. The first-order chi connectivity index (χ1) is 13.5. The number of likely N-dealkylation sites (N-methyl/N-ethyl adjacent to an activating group) is 1. The maximum absolute atomic E-state index is 12.3. The van der Waals surface area contributed by atoms with E-state index in [2.05, 4.69) is 25.8 Å². The topological polar surface area (TPSA) is 102 Å². The van der Waals surface area contributed by atoms with Crippen molar-refractivity contribution in [1.82, 2.24) is 30.4 Å². The number of aryl methyl sites for hydroxylation is 1. The van der Waals surface area contributed by atoms with Gasteiger partial charge in [0.1, 0.15) is 24.5 Å². The van der Waals surface area contributed by atoms with Gasteiger partial charge in [0, 0.05) is 23.4 Å². The molecule has 0 spiro atoms. The van der Waals surface area contributed by atoms with Crippen LogP contribution in [0.2, 0.25) is 0 Å². The molecule has 1 unspecified atom stereocenters. The van der Waals surface area contributed by atoms with E-state index >= 15 is 0 Å². The van der Waals surface area contributed by atoms with Gasteiger partial charge in [-0.2, -0.15) is 0 Å². The second-order valence-electron chi connectivity index (χ2n) is 6.34. The normalized spacial score (nSPS) is 11.7. The highest BCUT2D eigenvalue weighted by atomic mass is 16.2. The number of aromatic nitrogens is 4. The van der Waals surface area contributed by atoms with Gasteiger partial charge in [-0.1, -0.05) is 12.1 Å². The summed E-state index contributed by atoms with van der Waals surface area (Å²) in [6.07, 6.45) is 3.19. The molecule has 8 heteroatoms. The van der Waals surface area contributed by atoms with Gasteiger partial charge in [0.25, 0.3) is 5.91 Å². The van der Waals surface area contributed by atoms with Crippen LogP contribution in [0.5, 0.6) is 0 Å². The number of carbonyl (C=O) groups is 2. The van der Waals surface area contributed by atoms with E-state index in [1.54, 1.807) is 36.3 Å². The molecule has 0 aliphatic carbocycles. The molecule has 2 amide bonds. The van der Waals surface area contributed by atoms with Gasteiger partial charge in [-0.05, 0) is 50.6 Å². The van der Waals surface area contributed by atoms with Gasteiger partial charge in [0.2, 0.25) is 5.91 Å². The number of nitrogens with one attached hydrogen (secondary N) is 2. The van der Waals surface area contributed by atoms with E-state index in [0.29, 0.717) is 12.1 Å². The van der Waals surface area contributed by atoms with Crippen molar-refractivity contribution in [1.29, 1.82) is 0 Å². The molecule has 0 aliphatic heterocycles. The average molecular weight is 378 g/mol. The summed E-state index contributed by atoms with van der Waals surface area (Å²) in [6, 6.07) is 10.5. The van der Waals surface area contributed by atoms with Gasteiger partial charge in [0.05, 0.1) is 0 Å². The lowest BCUT2D eigenvalue weighted by atomic mass is 10.0. The third-order valence-corrected chi connectivity index (χ3v) is 4.30. The summed E-state index contributed by atoms with van der Waals surface area (Å²) < 4.78 is 1.74. The molecule has 0 saturated carbocycles. The van der Waals surface area contributed by atoms with E-state index in [1.165, 1.54) is 0 Å². The molecule has 3 aromatic rings. The summed E-state index contributed by atoms with van der Waals surface area (Å²) in [5.74, 6) is 0.243. The third-order valence-electron chi connectivity index (χ3n) is 4.30. The first kappa shape index (κ1) is 19.2. The van der Waals surface area contributed by atoms with Gasteiger partial charge < -0.3 is 10.6 Å². The summed E-state index contributed by atoms with van der Waals surface area (Å²) in [5.41, 5.74) is 3.27. The summed E-state index contributed by atoms with van der Waals surface area (Å²) >= 11 is 0. The van der Waals surface area contributed by atoms with Crippen molar-refractivity contribution in [2.45, 2.75) is 26.8 Å². The fourth-order valence-corrected chi connectivity index (χ4v) is 2.79. The van der Waals surface area contributed by atoms with E-state index in [-0.39, 0.29) is 11.8 Å². The smallest absolute Gasteiger partial charge is 0.251 e. The lowest BCUT2D eigenvalue weighted by Gasteiger charge is -2.13. The lowest BCUT2D eigenvalue weighted by molar-refractivity contribution is -0.122. The Kier molecular flexibility index (Phi) is 5.78. The van der Waals surface area contributed by atoms with Crippen molar-refractivity contribution in [3.8, 4) is 16.9 Å². The first-order valence-electron chi connectivity index (χ1n) is 9.01. The molecule has 2 aromatic heterocycles. The molecule has 1 aromatic carbocycles. The number of benzene rings is 1. The zero-order chi connectivity index (χ0) is 20.1. The highest BCUT2D eigenvalue weighted by Crippen LogP contribution is 2.23. The Hall–Kier alpha value is -3.55. The monoisotopic (exact) mass is 378 g/mol. The number of pyridine rings is 1. The standard InChI is InChI=1S/C20H22N6O2/c1-4-21-19(27)14(3)25-20(28)16-7-5-15(6-8-16)17-9-10-18(24-13(17)2)26-11-22-23-12-26/h5-12,14H,4H2,1-3H3,(H,21,27)(H,25,28). The molecule has 8 nitrogen and oxygen atoms in total. The molecule has 2 heterocycles. The first-order valence-corrected chi connectivity index (χ1v) is 9.01. The predicted octanol–water partition coefficient (Wildman–Crippen LogP) is 1.89. The number of carbonyl (C=O) groups excluding carboxylic acids is 2. The van der Waals surface area contributed by atoms with Crippen LogP contribution in [0.15, 0.2) is 49.1 Å². The van der Waals surface area contributed by atoms with E-state index in [9.17, 15) is 9.59 Å². The second-order valence-corrected chi connectivity index (χ2v) is 6.34. The fourth-order valence-electron chi connectivity index (χ4n) is 2.79. The number of nitrogens with zero attached hydrogens (tertiary/aromatic N) is 4. The molecule has 0 bridgehead atoms. The van der Waals surface area contributed by atoms with Crippen molar-refractivity contribution in [3.05, 3.63) is 60.3 Å². The van der Waals surface area contributed by atoms with Crippen molar-refractivity contribution in [3.63, 3.8) is 0 Å². The Morgan fingerprint density at radius 1 is 1.07 bits per heavy atom. The second kappa shape index (κ2) is 8.43. The number of amides is 2. The highest BCUT2D eigenvalue weighted by molar-refractivity contribution is 5.97. The number of rotatable bonds is 6. The number of hydrogen-bond donors (Lipinski definition) is 2. The highest BCUT2D eigenvalue weighted by Gasteiger charge is 2.16. The van der Waals surface area contributed by atoms with Crippen LogP contribution in [-0.4, -0.2) is 44.1 Å². The Bertz CT molecular complexity index is 967. The molecule has 28 heavy (non-hydrogen) atoms. The van der Waals surface area contributed by atoms with E-state index < -0.39 is 6.04 Å². The molecule has 0 fully saturated rings.